The van der Waals surface area contributed by atoms with Crippen molar-refractivity contribution in [1.29, 1.82) is 0 Å². The van der Waals surface area contributed by atoms with E-state index in [-0.39, 0.29) is 12.5 Å². The Bertz CT molecular complexity index is 176. The minimum absolute atomic E-state index is 0.0428. The summed E-state index contributed by atoms with van der Waals surface area (Å²) in [6, 6.07) is 0. The third kappa shape index (κ3) is 1.16. The van der Waals surface area contributed by atoms with Crippen molar-refractivity contribution in [2.75, 3.05) is 19.6 Å². The van der Waals surface area contributed by atoms with Gasteiger partial charge in [-0.3, -0.25) is 14.7 Å². The van der Waals surface area contributed by atoms with E-state index < -0.39 is 0 Å². The normalized spacial score (nSPS) is 17.4. The van der Waals surface area contributed by atoms with Crippen LogP contribution in [0.1, 0.15) is 6.92 Å². The van der Waals surface area contributed by atoms with Gasteiger partial charge in [-0.2, -0.15) is 0 Å². The van der Waals surface area contributed by atoms with Crippen LogP contribution in [-0.2, 0) is 4.79 Å². The van der Waals surface area contributed by atoms with Crippen molar-refractivity contribution in [2.45, 2.75) is 6.92 Å². The third-order valence-corrected chi connectivity index (χ3v) is 1.53. The van der Waals surface area contributed by atoms with Crippen molar-refractivity contribution >= 4 is 11.7 Å². The van der Waals surface area contributed by atoms with Gasteiger partial charge in [-0.15, -0.1) is 0 Å². The molecule has 1 heterocycles. The number of rotatable bonds is 1. The SMILES string of the molecule is CC1=NCCN1C(=O)CN. The summed E-state index contributed by atoms with van der Waals surface area (Å²) in [5, 5.41) is 0. The van der Waals surface area contributed by atoms with Crippen LogP contribution < -0.4 is 5.73 Å². The highest BCUT2D eigenvalue weighted by Crippen LogP contribution is 1.99. The highest BCUT2D eigenvalue weighted by atomic mass is 16.2. The van der Waals surface area contributed by atoms with Gasteiger partial charge >= 0.3 is 0 Å². The number of hydrogen-bond acceptors (Lipinski definition) is 3. The molecule has 2 N–H and O–H groups in total. The molecule has 56 valence electrons. The van der Waals surface area contributed by atoms with Gasteiger partial charge in [-0.25, -0.2) is 0 Å². The Morgan fingerprint density at radius 3 is 3.00 bits per heavy atom. The van der Waals surface area contributed by atoms with Crippen LogP contribution in [0.2, 0.25) is 0 Å². The second kappa shape index (κ2) is 2.79. The topological polar surface area (TPSA) is 58.7 Å². The number of nitrogens with two attached hydrogens (primary N) is 1. The van der Waals surface area contributed by atoms with Gasteiger partial charge < -0.3 is 5.73 Å². The Hall–Kier alpha value is -0.900. The van der Waals surface area contributed by atoms with Crippen LogP contribution in [0.5, 0.6) is 0 Å². The molecule has 0 atom stereocenters. The number of aliphatic imine (C=N–C) groups is 1. The lowest BCUT2D eigenvalue weighted by Crippen LogP contribution is -2.37. The van der Waals surface area contributed by atoms with Crippen LogP contribution in [0, 0.1) is 0 Å². The van der Waals surface area contributed by atoms with Gasteiger partial charge in [-0.1, -0.05) is 0 Å². The van der Waals surface area contributed by atoms with Crippen molar-refractivity contribution in [3.63, 3.8) is 0 Å². The fourth-order valence-electron chi connectivity index (χ4n) is 0.974. The van der Waals surface area contributed by atoms with Gasteiger partial charge in [0.1, 0.15) is 5.84 Å². The van der Waals surface area contributed by atoms with Crippen molar-refractivity contribution in [2.24, 2.45) is 10.7 Å². The van der Waals surface area contributed by atoms with E-state index in [2.05, 4.69) is 4.99 Å². The maximum absolute atomic E-state index is 10.9. The molecule has 0 saturated heterocycles. The molecule has 0 aromatic carbocycles. The summed E-state index contributed by atoms with van der Waals surface area (Å²) in [6.45, 7) is 3.31. The first-order chi connectivity index (χ1) is 4.75. The summed E-state index contributed by atoms with van der Waals surface area (Å²) in [7, 11) is 0. The maximum atomic E-state index is 10.9. The van der Waals surface area contributed by atoms with Gasteiger partial charge in [0, 0.05) is 6.54 Å². The summed E-state index contributed by atoms with van der Waals surface area (Å²) in [4.78, 5) is 16.6. The predicted octanol–water partition coefficient (Wildman–Crippen LogP) is -0.794. The van der Waals surface area contributed by atoms with E-state index in [1.54, 1.807) is 4.90 Å². The molecule has 0 aliphatic carbocycles. The average molecular weight is 141 g/mol. The van der Waals surface area contributed by atoms with Gasteiger partial charge in [0.05, 0.1) is 13.1 Å². The molecule has 0 unspecified atom stereocenters. The lowest BCUT2D eigenvalue weighted by molar-refractivity contribution is -0.125. The Balaban J connectivity index is 2.57. The molecule has 0 saturated carbocycles. The van der Waals surface area contributed by atoms with E-state index in [1.807, 2.05) is 6.92 Å². The van der Waals surface area contributed by atoms with Crippen LogP contribution in [0.25, 0.3) is 0 Å². The average Bonchev–Trinajstić information content (AvgIpc) is 2.34. The van der Waals surface area contributed by atoms with Crippen LogP contribution in [0.4, 0.5) is 0 Å². The number of nitrogens with zero attached hydrogens (tertiary/aromatic N) is 2. The van der Waals surface area contributed by atoms with Crippen LogP contribution in [0.3, 0.4) is 0 Å². The summed E-state index contributed by atoms with van der Waals surface area (Å²) in [6.07, 6.45) is 0. The lowest BCUT2D eigenvalue weighted by Gasteiger charge is -2.13. The number of amides is 1. The molecule has 1 aliphatic rings. The molecule has 1 aliphatic heterocycles. The molecular formula is C6H11N3O. The largest absolute Gasteiger partial charge is 0.322 e. The fraction of sp³-hybridized carbons (Fsp3) is 0.667. The molecule has 0 aromatic heterocycles. The van der Waals surface area contributed by atoms with E-state index >= 15 is 0 Å². The first kappa shape index (κ1) is 7.21. The Morgan fingerprint density at radius 1 is 1.90 bits per heavy atom. The molecule has 1 amide bonds. The second-order valence-electron chi connectivity index (χ2n) is 2.18. The maximum Gasteiger partial charge on any atom is 0.241 e. The molecular weight excluding hydrogens is 130 g/mol. The van der Waals surface area contributed by atoms with E-state index in [9.17, 15) is 4.79 Å². The smallest absolute Gasteiger partial charge is 0.241 e. The minimum Gasteiger partial charge on any atom is -0.322 e. The Labute approximate surface area is 59.7 Å². The zero-order valence-corrected chi connectivity index (χ0v) is 6.00. The standard InChI is InChI=1S/C6H11N3O/c1-5-8-2-3-9(5)6(10)4-7/h2-4,7H2,1H3. The van der Waals surface area contributed by atoms with Crippen LogP contribution in [0.15, 0.2) is 4.99 Å². The molecule has 0 fully saturated rings. The first-order valence-corrected chi connectivity index (χ1v) is 3.27. The zero-order valence-electron chi connectivity index (χ0n) is 6.00. The Kier molecular flexibility index (Phi) is 2.01. The second-order valence-corrected chi connectivity index (χ2v) is 2.18. The molecule has 0 radical (unpaired) electrons. The number of carbonyl (C=O) groups is 1. The summed E-state index contributed by atoms with van der Waals surface area (Å²) < 4.78 is 0. The summed E-state index contributed by atoms with van der Waals surface area (Å²) >= 11 is 0. The van der Waals surface area contributed by atoms with Gasteiger partial charge in [0.15, 0.2) is 0 Å². The highest BCUT2D eigenvalue weighted by Gasteiger charge is 2.17. The van der Waals surface area contributed by atoms with E-state index in [1.165, 1.54) is 0 Å². The molecule has 4 heteroatoms. The molecule has 1 rings (SSSR count). The van der Waals surface area contributed by atoms with Crippen molar-refractivity contribution in [3.05, 3.63) is 0 Å². The number of carbonyl (C=O) groups excluding carboxylic acids is 1. The molecule has 4 nitrogen and oxygen atoms in total. The quantitative estimate of drug-likeness (QED) is 0.520. The number of amidine groups is 1. The van der Waals surface area contributed by atoms with E-state index in [4.69, 9.17) is 5.73 Å². The van der Waals surface area contributed by atoms with Gasteiger partial charge in [0.25, 0.3) is 0 Å². The Morgan fingerprint density at radius 2 is 2.60 bits per heavy atom. The lowest BCUT2D eigenvalue weighted by atomic mass is 10.4. The first-order valence-electron chi connectivity index (χ1n) is 3.27. The number of hydrogen-bond donors (Lipinski definition) is 1. The van der Waals surface area contributed by atoms with Gasteiger partial charge in [0.2, 0.25) is 5.91 Å². The monoisotopic (exact) mass is 141 g/mol. The zero-order chi connectivity index (χ0) is 7.56. The highest BCUT2D eigenvalue weighted by molar-refractivity contribution is 5.98. The predicted molar refractivity (Wildman–Crippen MR) is 38.7 cm³/mol. The molecule has 0 spiro atoms. The summed E-state index contributed by atoms with van der Waals surface area (Å²) in [5.74, 6) is 0.745. The van der Waals surface area contributed by atoms with Crippen LogP contribution in [-0.4, -0.2) is 36.3 Å². The minimum atomic E-state index is -0.0428. The van der Waals surface area contributed by atoms with Crippen molar-refractivity contribution < 1.29 is 4.79 Å². The summed E-state index contributed by atoms with van der Waals surface area (Å²) in [5.41, 5.74) is 5.17. The fourth-order valence-corrected chi connectivity index (χ4v) is 0.974. The molecule has 0 bridgehead atoms. The third-order valence-electron chi connectivity index (χ3n) is 1.53. The molecule has 10 heavy (non-hydrogen) atoms. The van der Waals surface area contributed by atoms with E-state index in [0.29, 0.717) is 6.54 Å². The van der Waals surface area contributed by atoms with Crippen molar-refractivity contribution in [3.8, 4) is 0 Å². The molecule has 0 aromatic rings. The van der Waals surface area contributed by atoms with Crippen LogP contribution >= 0.6 is 0 Å². The van der Waals surface area contributed by atoms with Crippen molar-refractivity contribution in [1.82, 2.24) is 4.90 Å². The van der Waals surface area contributed by atoms with Gasteiger partial charge in [-0.05, 0) is 6.92 Å². The van der Waals surface area contributed by atoms with E-state index in [0.717, 1.165) is 12.4 Å².